The molecule has 1 unspecified atom stereocenters. The van der Waals surface area contributed by atoms with E-state index in [4.69, 9.17) is 10.5 Å². The minimum absolute atomic E-state index is 0. The first-order valence-electron chi connectivity index (χ1n) is 6.13. The molecule has 1 aromatic heterocycles. The van der Waals surface area contributed by atoms with Crippen LogP contribution in [0.5, 0.6) is 0 Å². The SMILES string of the molecule is CO/N=C(\C(=O)NC1(OC)CN(S(=O)(=O)[O-])C1=O)c1csc(N)n1.[Na+]. The van der Waals surface area contributed by atoms with Gasteiger partial charge >= 0.3 is 29.6 Å². The normalized spacial score (nSPS) is 20.5. The van der Waals surface area contributed by atoms with Crippen LogP contribution in [0.4, 0.5) is 5.13 Å². The van der Waals surface area contributed by atoms with Crippen LogP contribution in [-0.4, -0.2) is 66.3 Å². The molecule has 1 aromatic rings. The number of anilines is 1. The van der Waals surface area contributed by atoms with Gasteiger partial charge in [0.25, 0.3) is 11.8 Å². The first-order chi connectivity index (χ1) is 11.1. The Balaban J connectivity index is 0.00000312. The Bertz CT molecular complexity index is 810. The van der Waals surface area contributed by atoms with Crippen molar-refractivity contribution in [3.05, 3.63) is 11.1 Å². The largest absolute Gasteiger partial charge is 1.00 e. The average Bonchev–Trinajstić information content (AvgIpc) is 2.92. The predicted molar refractivity (Wildman–Crippen MR) is 79.4 cm³/mol. The van der Waals surface area contributed by atoms with Crippen LogP contribution in [0.15, 0.2) is 10.5 Å². The zero-order valence-corrected chi connectivity index (χ0v) is 17.0. The number of hydrogen-bond acceptors (Lipinski definition) is 11. The number of nitrogens with zero attached hydrogens (tertiary/aromatic N) is 3. The number of amides is 2. The van der Waals surface area contributed by atoms with Crippen molar-refractivity contribution in [1.29, 1.82) is 0 Å². The van der Waals surface area contributed by atoms with Crippen molar-refractivity contribution in [2.45, 2.75) is 5.72 Å². The third-order valence-corrected chi connectivity index (χ3v) is 4.54. The van der Waals surface area contributed by atoms with Gasteiger partial charge in [0.15, 0.2) is 21.1 Å². The van der Waals surface area contributed by atoms with E-state index in [1.54, 1.807) is 0 Å². The van der Waals surface area contributed by atoms with Gasteiger partial charge in [-0.1, -0.05) is 5.16 Å². The number of nitrogens with one attached hydrogen (secondary N) is 1. The van der Waals surface area contributed by atoms with E-state index in [1.165, 1.54) is 12.5 Å². The summed E-state index contributed by atoms with van der Waals surface area (Å²) in [6.45, 7) is -0.667. The molecular formula is C10H12N5NaO7S2. The second kappa shape index (κ2) is 7.94. The monoisotopic (exact) mass is 401 g/mol. The van der Waals surface area contributed by atoms with Gasteiger partial charge in [-0.15, -0.1) is 11.3 Å². The van der Waals surface area contributed by atoms with E-state index >= 15 is 0 Å². The number of methoxy groups -OCH3 is 1. The maximum absolute atomic E-state index is 12.3. The molecule has 2 amide bonds. The van der Waals surface area contributed by atoms with E-state index in [9.17, 15) is 22.6 Å². The van der Waals surface area contributed by atoms with Crippen molar-refractivity contribution in [3.8, 4) is 0 Å². The summed E-state index contributed by atoms with van der Waals surface area (Å²) in [5.41, 5.74) is 3.27. The van der Waals surface area contributed by atoms with Crippen molar-refractivity contribution in [3.63, 3.8) is 0 Å². The number of carbonyl (C=O) groups is 2. The minimum Gasteiger partial charge on any atom is -0.731 e. The Morgan fingerprint density at radius 1 is 1.56 bits per heavy atom. The number of nitrogen functional groups attached to an aromatic ring is 1. The second-order valence-electron chi connectivity index (χ2n) is 4.45. The van der Waals surface area contributed by atoms with E-state index in [-0.39, 0.29) is 50.4 Å². The summed E-state index contributed by atoms with van der Waals surface area (Å²) in [5, 5.41) is 7.30. The number of β-lactam (4-membered cyclic amide) rings is 1. The average molecular weight is 401 g/mol. The van der Waals surface area contributed by atoms with Crippen molar-refractivity contribution < 1.29 is 61.7 Å². The molecule has 0 radical (unpaired) electrons. The summed E-state index contributed by atoms with van der Waals surface area (Å²) in [7, 11) is -2.73. The molecule has 1 saturated heterocycles. The van der Waals surface area contributed by atoms with Crippen LogP contribution in [-0.2, 0) is 29.5 Å². The Morgan fingerprint density at radius 3 is 2.60 bits per heavy atom. The molecule has 1 aliphatic heterocycles. The van der Waals surface area contributed by atoms with Crippen molar-refractivity contribution in [2.24, 2.45) is 5.16 Å². The number of nitrogens with two attached hydrogens (primary N) is 1. The molecule has 2 heterocycles. The van der Waals surface area contributed by atoms with E-state index in [0.717, 1.165) is 18.4 Å². The molecule has 12 nitrogen and oxygen atoms in total. The number of oxime groups is 1. The Hall–Kier alpha value is -1.29. The van der Waals surface area contributed by atoms with Gasteiger partial charge in [-0.05, 0) is 0 Å². The molecular weight excluding hydrogens is 389 g/mol. The van der Waals surface area contributed by atoms with Gasteiger partial charge in [0.2, 0.25) is 5.72 Å². The quantitative estimate of drug-likeness (QED) is 0.118. The third kappa shape index (κ3) is 4.28. The summed E-state index contributed by atoms with van der Waals surface area (Å²) in [6.07, 6.45) is 0. The van der Waals surface area contributed by atoms with Crippen LogP contribution in [0.1, 0.15) is 5.69 Å². The number of ether oxygens (including phenoxy) is 1. The van der Waals surface area contributed by atoms with Gasteiger partial charge in [-0.25, -0.2) is 17.7 Å². The summed E-state index contributed by atoms with van der Waals surface area (Å²) < 4.78 is 37.6. The fraction of sp³-hybridized carbons (Fsp3) is 0.400. The maximum Gasteiger partial charge on any atom is 1.00 e. The van der Waals surface area contributed by atoms with Crippen LogP contribution >= 0.6 is 11.3 Å². The summed E-state index contributed by atoms with van der Waals surface area (Å²) in [4.78, 5) is 32.7. The van der Waals surface area contributed by atoms with E-state index in [0.29, 0.717) is 0 Å². The van der Waals surface area contributed by atoms with Crippen LogP contribution in [0.3, 0.4) is 0 Å². The fourth-order valence-electron chi connectivity index (χ4n) is 1.86. The van der Waals surface area contributed by atoms with E-state index < -0.39 is 34.4 Å². The zero-order chi connectivity index (χ0) is 18.1. The van der Waals surface area contributed by atoms with Crippen LogP contribution in [0, 0.1) is 0 Å². The fourth-order valence-corrected chi connectivity index (χ4v) is 3.10. The topological polar surface area (TPSA) is 176 Å². The first kappa shape index (κ1) is 21.8. The Kier molecular flexibility index (Phi) is 6.91. The molecule has 0 aromatic carbocycles. The maximum atomic E-state index is 12.3. The predicted octanol–water partition coefficient (Wildman–Crippen LogP) is -5.16. The zero-order valence-electron chi connectivity index (χ0n) is 13.4. The van der Waals surface area contributed by atoms with Crippen molar-refractivity contribution in [1.82, 2.24) is 14.6 Å². The van der Waals surface area contributed by atoms with Gasteiger partial charge in [-0.2, -0.15) is 0 Å². The van der Waals surface area contributed by atoms with Gasteiger partial charge in [0, 0.05) is 12.5 Å². The summed E-state index contributed by atoms with van der Waals surface area (Å²) in [6, 6.07) is 0. The molecule has 132 valence electrons. The molecule has 1 fully saturated rings. The smallest absolute Gasteiger partial charge is 0.731 e. The van der Waals surface area contributed by atoms with Gasteiger partial charge in [0.1, 0.15) is 12.8 Å². The standard InChI is InChI=1S/C10H13N5O7S2.Na/c1-21-10(4-15(8(10)17)24(18,19)20)13-7(16)6(14-22-2)5-3-23-9(11)12-5;/h3H,4H2,1-2H3,(H2,11,12)(H,13,16)(H,18,19,20);/q;+1/p-1/b14-6-;. The van der Waals surface area contributed by atoms with Crippen LogP contribution in [0.2, 0.25) is 0 Å². The van der Waals surface area contributed by atoms with Crippen LogP contribution < -0.4 is 40.6 Å². The number of carbonyl (C=O) groups excluding carboxylic acids is 2. The molecule has 0 saturated carbocycles. The van der Waals surface area contributed by atoms with E-state index in [1.807, 2.05) is 0 Å². The van der Waals surface area contributed by atoms with Gasteiger partial charge < -0.3 is 25.2 Å². The van der Waals surface area contributed by atoms with Gasteiger partial charge in [-0.3, -0.25) is 9.59 Å². The first-order valence-corrected chi connectivity index (χ1v) is 8.37. The minimum atomic E-state index is -4.99. The second-order valence-corrected chi connectivity index (χ2v) is 6.63. The van der Waals surface area contributed by atoms with Crippen molar-refractivity contribution >= 4 is 44.3 Å². The summed E-state index contributed by atoms with van der Waals surface area (Å²) >= 11 is 1.05. The van der Waals surface area contributed by atoms with Crippen molar-refractivity contribution in [2.75, 3.05) is 26.5 Å². The molecule has 0 bridgehead atoms. The molecule has 1 aliphatic rings. The van der Waals surface area contributed by atoms with E-state index in [2.05, 4.69) is 20.3 Å². The number of rotatable bonds is 6. The molecule has 2 rings (SSSR count). The Labute approximate surface area is 168 Å². The molecule has 0 aliphatic carbocycles. The summed E-state index contributed by atoms with van der Waals surface area (Å²) in [5.74, 6) is -2.15. The van der Waals surface area contributed by atoms with Gasteiger partial charge in [0.05, 0.1) is 6.54 Å². The molecule has 3 N–H and O–H groups in total. The Morgan fingerprint density at radius 2 is 2.20 bits per heavy atom. The molecule has 1 atom stereocenters. The molecule has 0 spiro atoms. The third-order valence-electron chi connectivity index (χ3n) is 3.03. The molecule has 15 heteroatoms. The number of hydrogen-bond donors (Lipinski definition) is 2. The van der Waals surface area contributed by atoms with Crippen LogP contribution in [0.25, 0.3) is 0 Å². The number of thiazole rings is 1. The molecule has 25 heavy (non-hydrogen) atoms. The number of aromatic nitrogens is 1.